The number of urea groups is 1. The minimum atomic E-state index is -0.0881. The lowest BCUT2D eigenvalue weighted by molar-refractivity contribution is 0.198. The lowest BCUT2D eigenvalue weighted by Crippen LogP contribution is -2.51. The summed E-state index contributed by atoms with van der Waals surface area (Å²) in [6, 6.07) is 15.3. The number of piperazine rings is 1. The molecule has 0 aromatic heterocycles. The summed E-state index contributed by atoms with van der Waals surface area (Å²) in [4.78, 5) is 16.4. The summed E-state index contributed by atoms with van der Waals surface area (Å²) >= 11 is 5.86. The van der Waals surface area contributed by atoms with Crippen molar-refractivity contribution in [3.63, 3.8) is 0 Å². The van der Waals surface area contributed by atoms with Crippen LogP contribution >= 0.6 is 11.6 Å². The second-order valence-corrected chi connectivity index (χ2v) is 6.42. The van der Waals surface area contributed by atoms with Crippen LogP contribution in [0, 0.1) is 0 Å². The Morgan fingerprint density at radius 2 is 1.77 bits per heavy atom. The van der Waals surface area contributed by atoms with Gasteiger partial charge in [0, 0.05) is 37.4 Å². The Morgan fingerprint density at radius 1 is 1.08 bits per heavy atom. The van der Waals surface area contributed by atoms with Gasteiger partial charge in [0.2, 0.25) is 0 Å². The third kappa shape index (κ3) is 4.49. The van der Waals surface area contributed by atoms with Crippen molar-refractivity contribution in [2.24, 2.45) is 0 Å². The van der Waals surface area contributed by atoms with E-state index in [4.69, 9.17) is 16.3 Å². The van der Waals surface area contributed by atoms with Crippen molar-refractivity contribution in [2.45, 2.75) is 0 Å². The average molecular weight is 372 g/mol. The lowest BCUT2D eigenvalue weighted by atomic mass is 10.2. The molecule has 5 nitrogen and oxygen atoms in total. The molecule has 1 N–H and O–H groups in total. The summed E-state index contributed by atoms with van der Waals surface area (Å²) in [5.41, 5.74) is 2.05. The zero-order valence-corrected chi connectivity index (χ0v) is 15.4. The van der Waals surface area contributed by atoms with E-state index in [1.54, 1.807) is 13.3 Å². The Hall–Kier alpha value is -2.66. The van der Waals surface area contributed by atoms with Gasteiger partial charge in [0.05, 0.1) is 12.8 Å². The van der Waals surface area contributed by atoms with E-state index < -0.39 is 0 Å². The van der Waals surface area contributed by atoms with E-state index in [0.29, 0.717) is 18.1 Å². The second kappa shape index (κ2) is 8.63. The highest BCUT2D eigenvalue weighted by atomic mass is 35.5. The number of carbonyl (C=O) groups is 1. The van der Waals surface area contributed by atoms with Gasteiger partial charge in [-0.2, -0.15) is 0 Å². The van der Waals surface area contributed by atoms with Crippen LogP contribution in [0.3, 0.4) is 0 Å². The Bertz CT molecular complexity index is 769. The first-order valence-corrected chi connectivity index (χ1v) is 8.90. The molecule has 0 aliphatic carbocycles. The number of nitrogens with zero attached hydrogens (tertiary/aromatic N) is 2. The van der Waals surface area contributed by atoms with Gasteiger partial charge in [-0.25, -0.2) is 4.79 Å². The average Bonchev–Trinajstić information content (AvgIpc) is 2.69. The van der Waals surface area contributed by atoms with E-state index >= 15 is 0 Å². The molecule has 1 fully saturated rings. The van der Waals surface area contributed by atoms with Crippen molar-refractivity contribution < 1.29 is 9.53 Å². The molecule has 1 aliphatic rings. The molecular formula is C20H22ClN3O2. The molecule has 0 radical (unpaired) electrons. The van der Waals surface area contributed by atoms with Crippen molar-refractivity contribution in [3.05, 3.63) is 65.3 Å². The van der Waals surface area contributed by atoms with Crippen LogP contribution in [-0.4, -0.2) is 44.2 Å². The highest BCUT2D eigenvalue weighted by Gasteiger charge is 2.22. The minimum Gasteiger partial charge on any atom is -0.495 e. The zero-order valence-electron chi connectivity index (χ0n) is 14.7. The Morgan fingerprint density at radius 3 is 2.46 bits per heavy atom. The van der Waals surface area contributed by atoms with Crippen LogP contribution in [0.2, 0.25) is 5.02 Å². The number of nitrogens with one attached hydrogen (secondary N) is 1. The van der Waals surface area contributed by atoms with Crippen LogP contribution in [0.4, 0.5) is 10.5 Å². The summed E-state index contributed by atoms with van der Waals surface area (Å²) in [6.45, 7) is 2.88. The van der Waals surface area contributed by atoms with Crippen molar-refractivity contribution in [2.75, 3.05) is 38.2 Å². The third-order valence-corrected chi connectivity index (χ3v) is 4.60. The molecule has 2 amide bonds. The fraction of sp³-hybridized carbons (Fsp3) is 0.250. The topological polar surface area (TPSA) is 44.8 Å². The van der Waals surface area contributed by atoms with Crippen LogP contribution in [0.5, 0.6) is 5.75 Å². The van der Waals surface area contributed by atoms with Crippen LogP contribution in [0.1, 0.15) is 5.56 Å². The Balaban J connectivity index is 1.51. The summed E-state index contributed by atoms with van der Waals surface area (Å²) < 4.78 is 5.42. The quantitative estimate of drug-likeness (QED) is 0.887. The summed E-state index contributed by atoms with van der Waals surface area (Å²) in [5, 5.41) is 3.52. The number of anilines is 1. The molecule has 26 heavy (non-hydrogen) atoms. The molecule has 0 unspecified atom stereocenters. The van der Waals surface area contributed by atoms with Gasteiger partial charge in [0.1, 0.15) is 5.75 Å². The molecule has 1 heterocycles. The van der Waals surface area contributed by atoms with E-state index in [0.717, 1.165) is 30.1 Å². The largest absolute Gasteiger partial charge is 0.495 e. The van der Waals surface area contributed by atoms with E-state index in [9.17, 15) is 4.79 Å². The maximum Gasteiger partial charge on any atom is 0.321 e. The van der Waals surface area contributed by atoms with Crippen molar-refractivity contribution in [1.29, 1.82) is 0 Å². The van der Waals surface area contributed by atoms with Gasteiger partial charge in [-0.05, 0) is 35.9 Å². The first-order valence-electron chi connectivity index (χ1n) is 8.53. The number of hydrogen-bond acceptors (Lipinski definition) is 3. The molecule has 0 spiro atoms. The van der Waals surface area contributed by atoms with E-state index in [1.807, 2.05) is 59.5 Å². The molecule has 136 valence electrons. The van der Waals surface area contributed by atoms with Crippen LogP contribution in [0.25, 0.3) is 6.08 Å². The Kier molecular flexibility index (Phi) is 6.02. The van der Waals surface area contributed by atoms with Crippen molar-refractivity contribution in [1.82, 2.24) is 10.2 Å². The normalized spacial score (nSPS) is 14.5. The zero-order chi connectivity index (χ0) is 18.4. The number of benzene rings is 2. The number of para-hydroxylation sites is 2. The van der Waals surface area contributed by atoms with E-state index in [-0.39, 0.29) is 6.03 Å². The fourth-order valence-electron chi connectivity index (χ4n) is 2.92. The third-order valence-electron chi connectivity index (χ3n) is 4.35. The van der Waals surface area contributed by atoms with E-state index in [1.165, 1.54) is 0 Å². The number of ether oxygens (including phenoxy) is 1. The van der Waals surface area contributed by atoms with Crippen molar-refractivity contribution in [3.8, 4) is 5.75 Å². The summed E-state index contributed by atoms with van der Waals surface area (Å²) in [7, 11) is 1.68. The monoisotopic (exact) mass is 371 g/mol. The van der Waals surface area contributed by atoms with Crippen LogP contribution in [-0.2, 0) is 0 Å². The molecule has 0 bridgehead atoms. The predicted octanol–water partition coefficient (Wildman–Crippen LogP) is 3.85. The van der Waals surface area contributed by atoms with Gasteiger partial charge in [0.15, 0.2) is 0 Å². The predicted molar refractivity (Wildman–Crippen MR) is 106 cm³/mol. The maximum absolute atomic E-state index is 12.3. The molecule has 2 aromatic rings. The maximum atomic E-state index is 12.3. The van der Waals surface area contributed by atoms with Gasteiger partial charge >= 0.3 is 6.03 Å². The van der Waals surface area contributed by atoms with Crippen LogP contribution in [0.15, 0.2) is 54.7 Å². The summed E-state index contributed by atoms with van der Waals surface area (Å²) in [6.07, 6.45) is 3.51. The van der Waals surface area contributed by atoms with E-state index in [2.05, 4.69) is 10.2 Å². The highest BCUT2D eigenvalue weighted by molar-refractivity contribution is 6.30. The Labute approximate surface area is 158 Å². The van der Waals surface area contributed by atoms with Gasteiger partial charge in [0.25, 0.3) is 0 Å². The second-order valence-electron chi connectivity index (χ2n) is 5.98. The first-order chi connectivity index (χ1) is 12.7. The van der Waals surface area contributed by atoms with Gasteiger partial charge in [-0.1, -0.05) is 35.9 Å². The highest BCUT2D eigenvalue weighted by Crippen LogP contribution is 2.28. The minimum absolute atomic E-state index is 0.0881. The smallest absolute Gasteiger partial charge is 0.321 e. The molecule has 1 saturated heterocycles. The molecule has 1 aliphatic heterocycles. The number of carbonyl (C=O) groups excluding carboxylic acids is 1. The van der Waals surface area contributed by atoms with Gasteiger partial charge in [-0.3, -0.25) is 0 Å². The number of hydrogen-bond donors (Lipinski definition) is 1. The number of amides is 2. The molecule has 2 aromatic carbocycles. The lowest BCUT2D eigenvalue weighted by Gasteiger charge is -2.36. The molecular weight excluding hydrogens is 350 g/mol. The first kappa shape index (κ1) is 18.1. The number of methoxy groups -OCH3 is 1. The molecule has 6 heteroatoms. The standard InChI is InChI=1S/C20H22ClN3O2/c1-26-19-5-3-2-4-18(19)23-12-14-24(15-13-23)20(25)22-11-10-16-6-8-17(21)9-7-16/h2-11H,12-15H2,1H3,(H,22,25)/b11-10+. The number of rotatable bonds is 4. The van der Waals surface area contributed by atoms with Gasteiger partial charge < -0.3 is 19.9 Å². The molecule has 3 rings (SSSR count). The SMILES string of the molecule is COc1ccccc1N1CCN(C(=O)N/C=C/c2ccc(Cl)cc2)CC1. The fourth-order valence-corrected chi connectivity index (χ4v) is 3.04. The number of halogens is 1. The summed E-state index contributed by atoms with van der Waals surface area (Å²) in [5.74, 6) is 0.858. The van der Waals surface area contributed by atoms with Crippen LogP contribution < -0.4 is 15.0 Å². The molecule has 0 saturated carbocycles. The van der Waals surface area contributed by atoms with Crippen molar-refractivity contribution >= 4 is 29.4 Å². The molecule has 0 atom stereocenters. The van der Waals surface area contributed by atoms with Gasteiger partial charge in [-0.15, -0.1) is 0 Å².